The predicted molar refractivity (Wildman–Crippen MR) is 122 cm³/mol. The fraction of sp³-hybridized carbons (Fsp3) is 0.261. The molecule has 156 valence electrons. The Balaban J connectivity index is 2.03. The van der Waals surface area contributed by atoms with Gasteiger partial charge in [-0.1, -0.05) is 42.1 Å². The van der Waals surface area contributed by atoms with Gasteiger partial charge in [-0.15, -0.1) is 0 Å². The van der Waals surface area contributed by atoms with E-state index in [1.54, 1.807) is 30.2 Å². The van der Waals surface area contributed by atoms with Crippen LogP contribution < -0.4 is 10.3 Å². The second kappa shape index (κ2) is 9.63. The van der Waals surface area contributed by atoms with Crippen molar-refractivity contribution >= 4 is 28.6 Å². The number of aromatic nitrogens is 2. The monoisotopic (exact) mass is 423 g/mol. The van der Waals surface area contributed by atoms with Gasteiger partial charge in [-0.25, -0.2) is 4.98 Å². The third kappa shape index (κ3) is 4.74. The van der Waals surface area contributed by atoms with Gasteiger partial charge in [-0.2, -0.15) is 0 Å². The second-order valence-electron chi connectivity index (χ2n) is 6.91. The van der Waals surface area contributed by atoms with Crippen molar-refractivity contribution in [1.29, 1.82) is 0 Å². The van der Waals surface area contributed by atoms with Gasteiger partial charge >= 0.3 is 0 Å². The van der Waals surface area contributed by atoms with E-state index in [1.165, 1.54) is 16.3 Å². The molecule has 0 bridgehead atoms. The molecule has 0 atom stereocenters. The van der Waals surface area contributed by atoms with Gasteiger partial charge in [0, 0.05) is 19.2 Å². The van der Waals surface area contributed by atoms with E-state index in [4.69, 9.17) is 4.74 Å². The van der Waals surface area contributed by atoms with E-state index in [0.717, 1.165) is 5.57 Å². The number of para-hydroxylation sites is 1. The quantitative estimate of drug-likeness (QED) is 0.312. The van der Waals surface area contributed by atoms with Gasteiger partial charge in [0.1, 0.15) is 5.75 Å². The number of methoxy groups -OCH3 is 1. The zero-order valence-electron chi connectivity index (χ0n) is 17.4. The van der Waals surface area contributed by atoms with Gasteiger partial charge in [-0.3, -0.25) is 14.2 Å². The topological polar surface area (TPSA) is 64.4 Å². The van der Waals surface area contributed by atoms with Crippen molar-refractivity contribution < 1.29 is 9.53 Å². The molecule has 0 fully saturated rings. The summed E-state index contributed by atoms with van der Waals surface area (Å²) in [7, 11) is 1.58. The first-order chi connectivity index (χ1) is 14.4. The number of carbonyl (C=O) groups is 1. The number of carbonyl (C=O) groups excluding carboxylic acids is 1. The summed E-state index contributed by atoms with van der Waals surface area (Å²) in [6.45, 7) is 8.84. The summed E-state index contributed by atoms with van der Waals surface area (Å²) >= 11 is 1.25. The molecule has 2 aromatic carbocycles. The lowest BCUT2D eigenvalue weighted by Gasteiger charge is -2.21. The van der Waals surface area contributed by atoms with Crippen molar-refractivity contribution in [3.05, 3.63) is 71.0 Å². The third-order valence-electron chi connectivity index (χ3n) is 4.58. The molecule has 1 amide bonds. The zero-order chi connectivity index (χ0) is 21.7. The van der Waals surface area contributed by atoms with Gasteiger partial charge in [0.05, 0.1) is 29.5 Å². The molecule has 0 aliphatic heterocycles. The molecule has 3 rings (SSSR count). The number of likely N-dealkylation sites (N-methyl/N-ethyl adjacent to an activating group) is 1. The Bertz CT molecular complexity index is 1140. The fourth-order valence-corrected chi connectivity index (χ4v) is 4.02. The van der Waals surface area contributed by atoms with Crippen LogP contribution in [0, 0.1) is 0 Å². The van der Waals surface area contributed by atoms with Gasteiger partial charge in [-0.05, 0) is 38.1 Å². The smallest absolute Gasteiger partial charge is 0.266 e. The van der Waals surface area contributed by atoms with Gasteiger partial charge in [0.25, 0.3) is 5.56 Å². The number of hydrogen-bond donors (Lipinski definition) is 0. The molecule has 0 aliphatic rings. The Labute approximate surface area is 180 Å². The predicted octanol–water partition coefficient (Wildman–Crippen LogP) is 3.91. The number of amides is 1. The third-order valence-corrected chi connectivity index (χ3v) is 5.50. The van der Waals surface area contributed by atoms with E-state index in [0.29, 0.717) is 40.6 Å². The van der Waals surface area contributed by atoms with E-state index < -0.39 is 0 Å². The molecule has 0 radical (unpaired) electrons. The lowest BCUT2D eigenvalue weighted by molar-refractivity contribution is -0.127. The number of benzene rings is 2. The van der Waals surface area contributed by atoms with Crippen LogP contribution >= 0.6 is 11.8 Å². The first-order valence-corrected chi connectivity index (χ1v) is 10.6. The molecule has 0 spiro atoms. The Morgan fingerprint density at radius 2 is 2.00 bits per heavy atom. The molecule has 0 aliphatic carbocycles. The summed E-state index contributed by atoms with van der Waals surface area (Å²) in [6.07, 6.45) is 0. The summed E-state index contributed by atoms with van der Waals surface area (Å²) in [5.74, 6) is 0.791. The average molecular weight is 424 g/mol. The Kier molecular flexibility index (Phi) is 6.95. The van der Waals surface area contributed by atoms with Crippen LogP contribution in [0.1, 0.15) is 13.8 Å². The highest BCUT2D eigenvalue weighted by atomic mass is 32.2. The number of thioether (sulfide) groups is 1. The lowest BCUT2D eigenvalue weighted by atomic mass is 10.2. The number of fused-ring (bicyclic) bond motifs is 1. The molecular formula is C23H25N3O3S. The normalized spacial score (nSPS) is 10.8. The molecule has 0 N–H and O–H groups in total. The van der Waals surface area contributed by atoms with Crippen LogP contribution in [0.3, 0.4) is 0 Å². The maximum absolute atomic E-state index is 13.3. The van der Waals surface area contributed by atoms with Crippen molar-refractivity contribution in [2.75, 3.05) is 26.0 Å². The minimum absolute atomic E-state index is 0.0231. The summed E-state index contributed by atoms with van der Waals surface area (Å²) in [6, 6.07) is 14.5. The molecule has 0 saturated heterocycles. The van der Waals surface area contributed by atoms with Gasteiger partial charge in [0.15, 0.2) is 5.16 Å². The molecule has 0 unspecified atom stereocenters. The minimum atomic E-state index is -0.182. The molecule has 0 saturated carbocycles. The van der Waals surface area contributed by atoms with Crippen LogP contribution in [0.25, 0.3) is 16.6 Å². The summed E-state index contributed by atoms with van der Waals surface area (Å²) in [4.78, 5) is 32.4. The number of nitrogens with zero attached hydrogens (tertiary/aromatic N) is 3. The van der Waals surface area contributed by atoms with Gasteiger partial charge < -0.3 is 9.64 Å². The van der Waals surface area contributed by atoms with Crippen molar-refractivity contribution in [3.63, 3.8) is 0 Å². The largest absolute Gasteiger partial charge is 0.497 e. The molecular weight excluding hydrogens is 398 g/mol. The van der Waals surface area contributed by atoms with E-state index in [9.17, 15) is 9.59 Å². The molecule has 7 heteroatoms. The molecule has 3 aromatic rings. The Morgan fingerprint density at radius 1 is 1.23 bits per heavy atom. The van der Waals surface area contributed by atoms with E-state index in [-0.39, 0.29) is 17.2 Å². The standard InChI is InChI=1S/C23H25N3O3S/c1-5-25(14-16(2)3)21(27)15-30-23-24-20-12-7-6-11-19(20)22(28)26(23)17-9-8-10-18(13-17)29-4/h6-13H,2,5,14-15H2,1,3-4H3. The van der Waals surface area contributed by atoms with Crippen LogP contribution in [0.15, 0.2) is 70.6 Å². The number of hydrogen-bond acceptors (Lipinski definition) is 5. The van der Waals surface area contributed by atoms with E-state index in [2.05, 4.69) is 11.6 Å². The van der Waals surface area contributed by atoms with Crippen molar-refractivity contribution in [1.82, 2.24) is 14.5 Å². The molecule has 6 nitrogen and oxygen atoms in total. The fourth-order valence-electron chi connectivity index (χ4n) is 3.11. The average Bonchev–Trinajstić information content (AvgIpc) is 2.75. The molecule has 1 heterocycles. The van der Waals surface area contributed by atoms with Crippen LogP contribution in [-0.2, 0) is 4.79 Å². The van der Waals surface area contributed by atoms with E-state index >= 15 is 0 Å². The van der Waals surface area contributed by atoms with Crippen LogP contribution in [0.5, 0.6) is 5.75 Å². The molecule has 30 heavy (non-hydrogen) atoms. The Hall–Kier alpha value is -3.06. The highest BCUT2D eigenvalue weighted by molar-refractivity contribution is 7.99. The van der Waals surface area contributed by atoms with Crippen molar-refractivity contribution in [3.8, 4) is 11.4 Å². The van der Waals surface area contributed by atoms with Crippen LogP contribution in [0.2, 0.25) is 0 Å². The first kappa shape index (κ1) is 21.6. The summed E-state index contributed by atoms with van der Waals surface area (Å²) in [5, 5.41) is 0.986. The second-order valence-corrected chi connectivity index (χ2v) is 7.85. The Morgan fingerprint density at radius 3 is 2.70 bits per heavy atom. The molecule has 1 aromatic heterocycles. The van der Waals surface area contributed by atoms with Gasteiger partial charge in [0.2, 0.25) is 5.91 Å². The lowest BCUT2D eigenvalue weighted by Crippen LogP contribution is -2.33. The maximum atomic E-state index is 13.3. The zero-order valence-corrected chi connectivity index (χ0v) is 18.2. The van der Waals surface area contributed by atoms with Crippen LogP contribution in [-0.4, -0.2) is 46.3 Å². The minimum Gasteiger partial charge on any atom is -0.497 e. The SMILES string of the molecule is C=C(C)CN(CC)C(=O)CSc1nc2ccccc2c(=O)n1-c1cccc(OC)c1. The highest BCUT2D eigenvalue weighted by Gasteiger charge is 2.17. The summed E-state index contributed by atoms with van der Waals surface area (Å²) < 4.78 is 6.85. The summed E-state index contributed by atoms with van der Waals surface area (Å²) in [5.41, 5.74) is 1.98. The first-order valence-electron chi connectivity index (χ1n) is 9.65. The van der Waals surface area contributed by atoms with Crippen molar-refractivity contribution in [2.45, 2.75) is 19.0 Å². The van der Waals surface area contributed by atoms with E-state index in [1.807, 2.05) is 44.2 Å². The van der Waals surface area contributed by atoms with Crippen molar-refractivity contribution in [2.24, 2.45) is 0 Å². The highest BCUT2D eigenvalue weighted by Crippen LogP contribution is 2.24. The number of rotatable bonds is 8. The maximum Gasteiger partial charge on any atom is 0.266 e. The number of ether oxygens (including phenoxy) is 1. The van der Waals surface area contributed by atoms with Crippen LogP contribution in [0.4, 0.5) is 0 Å².